The summed E-state index contributed by atoms with van der Waals surface area (Å²) in [5, 5.41) is 0. The molecule has 246 valence electrons. The number of ether oxygens (including phenoxy) is 5. The van der Waals surface area contributed by atoms with Gasteiger partial charge in [0, 0.05) is 0 Å². The molecule has 1 aromatic heterocycles. The van der Waals surface area contributed by atoms with E-state index in [1.807, 2.05) is 42.5 Å². The fourth-order valence-corrected chi connectivity index (χ4v) is 6.42. The third kappa shape index (κ3) is 7.44. The molecule has 0 amide bonds. The lowest BCUT2D eigenvalue weighted by molar-refractivity contribution is -0.139. The van der Waals surface area contributed by atoms with E-state index in [0.29, 0.717) is 57.0 Å². The van der Waals surface area contributed by atoms with Crippen molar-refractivity contribution >= 4 is 23.4 Å². The zero-order chi connectivity index (χ0) is 33.5. The molecule has 0 N–H and O–H groups in total. The van der Waals surface area contributed by atoms with E-state index in [0.717, 1.165) is 23.3 Å². The summed E-state index contributed by atoms with van der Waals surface area (Å²) >= 11 is 1.26. The molecule has 1 aliphatic heterocycles. The minimum atomic E-state index is -0.705. The number of aromatic nitrogens is 1. The molecule has 0 unspecified atom stereocenters. The van der Waals surface area contributed by atoms with Gasteiger partial charge in [-0.25, -0.2) is 9.79 Å². The Hall–Kier alpha value is -4.83. The van der Waals surface area contributed by atoms with Gasteiger partial charge in [-0.3, -0.25) is 9.36 Å². The average Bonchev–Trinajstić information content (AvgIpc) is 3.39. The first-order valence-electron chi connectivity index (χ1n) is 15.6. The van der Waals surface area contributed by atoms with Crippen LogP contribution in [-0.4, -0.2) is 44.6 Å². The van der Waals surface area contributed by atoms with E-state index in [4.69, 9.17) is 23.7 Å². The van der Waals surface area contributed by atoms with Crippen LogP contribution in [0, 0.1) is 0 Å². The van der Waals surface area contributed by atoms with E-state index in [1.165, 1.54) is 16.9 Å². The quantitative estimate of drug-likeness (QED) is 0.133. The van der Waals surface area contributed by atoms with E-state index in [1.54, 1.807) is 50.8 Å². The second kappa shape index (κ2) is 15.2. The summed E-state index contributed by atoms with van der Waals surface area (Å²) in [6.07, 6.45) is 2.88. The summed E-state index contributed by atoms with van der Waals surface area (Å²) in [6, 6.07) is 20.2. The van der Waals surface area contributed by atoms with Crippen molar-refractivity contribution in [3.05, 3.63) is 114 Å². The van der Waals surface area contributed by atoms with Crippen molar-refractivity contribution in [2.45, 2.75) is 46.1 Å². The van der Waals surface area contributed by atoms with Crippen molar-refractivity contribution in [2.75, 3.05) is 34.0 Å². The van der Waals surface area contributed by atoms with Gasteiger partial charge in [0.1, 0.15) is 24.7 Å². The van der Waals surface area contributed by atoms with Crippen molar-refractivity contribution in [3.63, 3.8) is 0 Å². The average molecular weight is 657 g/mol. The van der Waals surface area contributed by atoms with Gasteiger partial charge in [-0.2, -0.15) is 0 Å². The fourth-order valence-electron chi connectivity index (χ4n) is 5.38. The maximum atomic E-state index is 14.0. The van der Waals surface area contributed by atoms with Crippen LogP contribution in [0.25, 0.3) is 6.08 Å². The minimum Gasteiger partial charge on any atom is -0.497 e. The van der Waals surface area contributed by atoms with Crippen molar-refractivity contribution < 1.29 is 28.5 Å². The maximum Gasteiger partial charge on any atom is 0.338 e. The molecule has 9 nitrogen and oxygen atoms in total. The number of methoxy groups -OCH3 is 2. The molecular weight excluding hydrogens is 616 g/mol. The Kier molecular flexibility index (Phi) is 10.8. The van der Waals surface area contributed by atoms with Gasteiger partial charge in [0.25, 0.3) is 5.56 Å². The Labute approximate surface area is 278 Å². The fraction of sp³-hybridized carbons (Fsp3) is 0.324. The molecule has 10 heteroatoms. The van der Waals surface area contributed by atoms with Gasteiger partial charge in [-0.05, 0) is 85.4 Å². The first-order chi connectivity index (χ1) is 22.8. The van der Waals surface area contributed by atoms with Crippen molar-refractivity contribution in [2.24, 2.45) is 4.99 Å². The number of benzene rings is 3. The monoisotopic (exact) mass is 656 g/mol. The first-order valence-corrected chi connectivity index (χ1v) is 16.5. The number of allylic oxidation sites excluding steroid dienone is 1. The second-order valence-electron chi connectivity index (χ2n) is 11.1. The van der Waals surface area contributed by atoms with E-state index >= 15 is 0 Å². The summed E-state index contributed by atoms with van der Waals surface area (Å²) in [5.74, 6) is 2.57. The highest BCUT2D eigenvalue weighted by Gasteiger charge is 2.33. The second-order valence-corrected chi connectivity index (χ2v) is 12.1. The summed E-state index contributed by atoms with van der Waals surface area (Å²) in [7, 11) is 3.16. The lowest BCUT2D eigenvalue weighted by Crippen LogP contribution is -2.39. The summed E-state index contributed by atoms with van der Waals surface area (Å²) in [4.78, 5) is 32.2. The third-order valence-corrected chi connectivity index (χ3v) is 9.09. The Balaban J connectivity index is 1.38. The normalized spacial score (nSPS) is 15.0. The van der Waals surface area contributed by atoms with Crippen LogP contribution in [0.4, 0.5) is 0 Å². The number of carbonyl (C=O) groups is 1. The number of rotatable bonds is 13. The Morgan fingerprint density at radius 1 is 0.936 bits per heavy atom. The topological polar surface area (TPSA) is 97.6 Å². The van der Waals surface area contributed by atoms with E-state index in [9.17, 15) is 9.59 Å². The van der Waals surface area contributed by atoms with Gasteiger partial charge in [0.05, 0.1) is 42.7 Å². The number of fused-ring (bicyclic) bond motifs is 1. The Bertz CT molecular complexity index is 1930. The van der Waals surface area contributed by atoms with Crippen LogP contribution in [-0.2, 0) is 9.53 Å². The lowest BCUT2D eigenvalue weighted by atomic mass is 9.96. The smallest absolute Gasteiger partial charge is 0.338 e. The summed E-state index contributed by atoms with van der Waals surface area (Å²) in [5.41, 5.74) is 3.35. The molecule has 0 radical (unpaired) electrons. The highest BCUT2D eigenvalue weighted by atomic mass is 32.1. The lowest BCUT2D eigenvalue weighted by Gasteiger charge is -2.24. The highest BCUT2D eigenvalue weighted by Crippen LogP contribution is 2.32. The molecule has 0 fully saturated rings. The van der Waals surface area contributed by atoms with Gasteiger partial charge in [-0.15, -0.1) is 0 Å². The number of carbonyl (C=O) groups excluding carboxylic acids is 1. The van der Waals surface area contributed by atoms with Crippen LogP contribution < -0.4 is 33.8 Å². The molecule has 5 rings (SSSR count). The van der Waals surface area contributed by atoms with E-state index in [-0.39, 0.29) is 12.2 Å². The summed E-state index contributed by atoms with van der Waals surface area (Å²) in [6.45, 7) is 8.80. The summed E-state index contributed by atoms with van der Waals surface area (Å²) < 4.78 is 30.2. The SMILES string of the molecule is CCOC(=O)C1=C(C)N=c2s/c(=C\c3ccc(OCCOc4ccc([C@H](C)CC)cc4)c(OC)c3)c(=O)n2[C@H]1c1ccc(OC)cc1. The van der Waals surface area contributed by atoms with Crippen LogP contribution >= 0.6 is 11.3 Å². The molecule has 0 spiro atoms. The number of hydrogen-bond acceptors (Lipinski definition) is 9. The zero-order valence-corrected chi connectivity index (χ0v) is 28.4. The van der Waals surface area contributed by atoms with Gasteiger partial charge in [0.2, 0.25) is 0 Å². The predicted molar refractivity (Wildman–Crippen MR) is 183 cm³/mol. The van der Waals surface area contributed by atoms with Crippen LogP contribution in [0.2, 0.25) is 0 Å². The first kappa shape index (κ1) is 33.5. The standard InChI is InChI=1S/C37H40N2O7S/c1-7-23(3)26-10-16-29(17-11-26)45-19-20-46-30-18-9-25(21-31(30)43-6)22-32-35(40)39-34(27-12-14-28(42-5)15-13-27)33(36(41)44-8-2)24(4)38-37(39)47-32/h9-18,21-23,34H,7-8,19-20H2,1-6H3/b32-22-/t23-,34+/m1/s1. The Morgan fingerprint density at radius 2 is 1.64 bits per heavy atom. The molecule has 2 heterocycles. The maximum absolute atomic E-state index is 14.0. The molecule has 4 aromatic rings. The molecule has 47 heavy (non-hydrogen) atoms. The highest BCUT2D eigenvalue weighted by molar-refractivity contribution is 7.07. The number of hydrogen-bond donors (Lipinski definition) is 0. The number of nitrogens with zero attached hydrogens (tertiary/aromatic N) is 2. The number of thiazole rings is 1. The van der Waals surface area contributed by atoms with Crippen LogP contribution in [0.15, 0.2) is 87.8 Å². The van der Waals surface area contributed by atoms with Crippen LogP contribution in [0.5, 0.6) is 23.0 Å². The Morgan fingerprint density at radius 3 is 2.30 bits per heavy atom. The molecule has 0 aliphatic carbocycles. The van der Waals surface area contributed by atoms with Crippen molar-refractivity contribution in [1.29, 1.82) is 0 Å². The molecular formula is C37H40N2O7S. The van der Waals surface area contributed by atoms with E-state index < -0.39 is 12.0 Å². The minimum absolute atomic E-state index is 0.205. The predicted octanol–water partition coefficient (Wildman–Crippen LogP) is 5.79. The zero-order valence-electron chi connectivity index (χ0n) is 27.6. The molecule has 0 bridgehead atoms. The largest absolute Gasteiger partial charge is 0.497 e. The molecule has 3 aromatic carbocycles. The number of esters is 1. The molecule has 0 saturated heterocycles. The third-order valence-electron chi connectivity index (χ3n) is 8.11. The molecule has 1 aliphatic rings. The van der Waals surface area contributed by atoms with Gasteiger partial charge in [0.15, 0.2) is 16.3 Å². The van der Waals surface area contributed by atoms with Crippen LogP contribution in [0.3, 0.4) is 0 Å². The van der Waals surface area contributed by atoms with E-state index in [2.05, 4.69) is 31.0 Å². The molecule has 2 atom stereocenters. The van der Waals surface area contributed by atoms with Crippen molar-refractivity contribution in [1.82, 2.24) is 4.57 Å². The van der Waals surface area contributed by atoms with Crippen LogP contribution in [0.1, 0.15) is 62.8 Å². The van der Waals surface area contributed by atoms with Gasteiger partial charge < -0.3 is 23.7 Å². The molecule has 0 saturated carbocycles. The van der Waals surface area contributed by atoms with Crippen molar-refractivity contribution in [3.8, 4) is 23.0 Å². The van der Waals surface area contributed by atoms with Gasteiger partial charge in [-0.1, -0.05) is 55.5 Å². The van der Waals surface area contributed by atoms with Gasteiger partial charge >= 0.3 is 5.97 Å².